The summed E-state index contributed by atoms with van der Waals surface area (Å²) in [5, 5.41) is -0.579. The minimum Gasteiger partial charge on any atom is -0.383 e. The van der Waals surface area contributed by atoms with Gasteiger partial charge in [-0.1, -0.05) is 11.6 Å². The predicted octanol–water partition coefficient (Wildman–Crippen LogP) is 3.27. The van der Waals surface area contributed by atoms with Crippen molar-refractivity contribution in [2.75, 3.05) is 5.73 Å². The van der Waals surface area contributed by atoms with Crippen LogP contribution in [0.5, 0.6) is 0 Å². The molecule has 1 rings (SSSR count). The molecule has 0 aliphatic heterocycles. The second kappa shape index (κ2) is 3.80. The normalized spacial score (nSPS) is 12.2. The van der Waals surface area contributed by atoms with E-state index in [2.05, 4.69) is 4.98 Å². The van der Waals surface area contributed by atoms with Crippen LogP contribution in [0.15, 0.2) is 6.07 Å². The first-order valence-electron chi connectivity index (χ1n) is 3.54. The molecule has 0 atom stereocenters. The van der Waals surface area contributed by atoms with Gasteiger partial charge in [0, 0.05) is 0 Å². The third kappa shape index (κ3) is 2.47. The third-order valence-corrected chi connectivity index (χ3v) is 1.77. The first-order valence-corrected chi connectivity index (χ1v) is 3.92. The van der Waals surface area contributed by atoms with Crippen LogP contribution in [0.3, 0.4) is 0 Å². The smallest absolute Gasteiger partial charge is 0.383 e. The van der Waals surface area contributed by atoms with Gasteiger partial charge in [-0.25, -0.2) is 13.8 Å². The Morgan fingerprint density at radius 1 is 1.33 bits per heavy atom. The lowest BCUT2D eigenvalue weighted by molar-refractivity contribution is -0.139. The highest BCUT2D eigenvalue weighted by Crippen LogP contribution is 2.39. The highest BCUT2D eigenvalue weighted by Gasteiger charge is 2.37. The van der Waals surface area contributed by atoms with Crippen LogP contribution in [0.4, 0.5) is 27.8 Å². The minimum absolute atomic E-state index is 0.319. The fourth-order valence-electron chi connectivity index (χ4n) is 1.01. The van der Waals surface area contributed by atoms with Gasteiger partial charge in [0.1, 0.15) is 11.0 Å². The fourth-order valence-corrected chi connectivity index (χ4v) is 1.21. The third-order valence-electron chi connectivity index (χ3n) is 1.58. The molecule has 0 radical (unpaired) electrons. The van der Waals surface area contributed by atoms with Crippen molar-refractivity contribution in [3.63, 3.8) is 0 Å². The zero-order valence-corrected chi connectivity index (χ0v) is 7.70. The summed E-state index contributed by atoms with van der Waals surface area (Å²) < 4.78 is 61.5. The molecule has 0 bridgehead atoms. The molecule has 0 aromatic carbocycles. The van der Waals surface area contributed by atoms with Gasteiger partial charge in [0.05, 0.1) is 11.1 Å². The standard InChI is InChI=1S/C7H4ClF5N2/c8-3-1-2(7(11,12)13)4(5(9)10)6(14)15-3/h1,5H,(H2,14,15). The zero-order valence-electron chi connectivity index (χ0n) is 6.95. The van der Waals surface area contributed by atoms with Crippen molar-refractivity contribution in [2.24, 2.45) is 0 Å². The van der Waals surface area contributed by atoms with Crippen molar-refractivity contribution < 1.29 is 22.0 Å². The first kappa shape index (κ1) is 12.0. The quantitative estimate of drug-likeness (QED) is 0.610. The van der Waals surface area contributed by atoms with Gasteiger partial charge < -0.3 is 5.73 Å². The molecular formula is C7H4ClF5N2. The van der Waals surface area contributed by atoms with Crippen molar-refractivity contribution in [1.29, 1.82) is 0 Å². The number of halogens is 6. The number of rotatable bonds is 1. The molecule has 2 nitrogen and oxygen atoms in total. The highest BCUT2D eigenvalue weighted by molar-refractivity contribution is 6.29. The van der Waals surface area contributed by atoms with Crippen LogP contribution in [-0.4, -0.2) is 4.98 Å². The van der Waals surface area contributed by atoms with Gasteiger partial charge in [-0.2, -0.15) is 13.2 Å². The van der Waals surface area contributed by atoms with E-state index < -0.39 is 34.7 Å². The number of anilines is 1. The van der Waals surface area contributed by atoms with E-state index in [0.29, 0.717) is 6.07 Å². The maximum Gasteiger partial charge on any atom is 0.417 e. The van der Waals surface area contributed by atoms with E-state index in [1.54, 1.807) is 0 Å². The Morgan fingerprint density at radius 2 is 1.87 bits per heavy atom. The monoisotopic (exact) mass is 246 g/mol. The largest absolute Gasteiger partial charge is 0.417 e. The summed E-state index contributed by atoms with van der Waals surface area (Å²) in [6, 6.07) is 0.319. The second-order valence-electron chi connectivity index (χ2n) is 2.59. The number of alkyl halides is 5. The summed E-state index contributed by atoms with van der Waals surface area (Å²) in [6.45, 7) is 0. The summed E-state index contributed by atoms with van der Waals surface area (Å²) in [4.78, 5) is 3.13. The van der Waals surface area contributed by atoms with Crippen LogP contribution in [0.1, 0.15) is 17.6 Å². The molecule has 84 valence electrons. The Balaban J connectivity index is 3.47. The van der Waals surface area contributed by atoms with Crippen molar-refractivity contribution >= 4 is 17.4 Å². The van der Waals surface area contributed by atoms with E-state index >= 15 is 0 Å². The van der Waals surface area contributed by atoms with Gasteiger partial charge in [0.2, 0.25) is 0 Å². The zero-order chi connectivity index (χ0) is 11.8. The molecule has 0 amide bonds. The molecule has 15 heavy (non-hydrogen) atoms. The average molecular weight is 247 g/mol. The van der Waals surface area contributed by atoms with Crippen molar-refractivity contribution in [2.45, 2.75) is 12.6 Å². The topological polar surface area (TPSA) is 38.9 Å². The van der Waals surface area contributed by atoms with E-state index in [4.69, 9.17) is 17.3 Å². The van der Waals surface area contributed by atoms with Crippen molar-refractivity contribution in [3.8, 4) is 0 Å². The lowest BCUT2D eigenvalue weighted by Gasteiger charge is -2.13. The van der Waals surface area contributed by atoms with E-state index in [0.717, 1.165) is 0 Å². The van der Waals surface area contributed by atoms with Crippen LogP contribution in [-0.2, 0) is 6.18 Å². The van der Waals surface area contributed by atoms with Crippen LogP contribution in [0, 0.1) is 0 Å². The maximum atomic E-state index is 12.3. The van der Waals surface area contributed by atoms with E-state index in [9.17, 15) is 22.0 Å². The molecule has 0 saturated carbocycles. The lowest BCUT2D eigenvalue weighted by atomic mass is 10.1. The van der Waals surface area contributed by atoms with Crippen LogP contribution < -0.4 is 5.73 Å². The Bertz CT molecular complexity index is 376. The van der Waals surface area contributed by atoms with Crippen LogP contribution in [0.2, 0.25) is 5.15 Å². The van der Waals surface area contributed by atoms with E-state index in [-0.39, 0.29) is 0 Å². The number of nitrogens with two attached hydrogens (primary N) is 1. The summed E-state index contributed by atoms with van der Waals surface area (Å²) >= 11 is 5.20. The summed E-state index contributed by atoms with van der Waals surface area (Å²) in [5.74, 6) is -0.912. The van der Waals surface area contributed by atoms with E-state index in [1.807, 2.05) is 0 Å². The molecular weight excluding hydrogens is 243 g/mol. The summed E-state index contributed by atoms with van der Waals surface area (Å²) in [7, 11) is 0. The predicted molar refractivity (Wildman–Crippen MR) is 43.6 cm³/mol. The Labute approximate surface area is 85.9 Å². The Morgan fingerprint density at radius 3 is 2.27 bits per heavy atom. The molecule has 0 aliphatic rings. The molecule has 8 heteroatoms. The molecule has 0 aliphatic carbocycles. The SMILES string of the molecule is Nc1nc(Cl)cc(C(F)(F)F)c1C(F)F. The van der Waals surface area contributed by atoms with E-state index in [1.165, 1.54) is 0 Å². The number of nitrogen functional groups attached to an aromatic ring is 1. The highest BCUT2D eigenvalue weighted by atomic mass is 35.5. The molecule has 0 unspecified atom stereocenters. The molecule has 0 saturated heterocycles. The molecule has 0 fully saturated rings. The van der Waals surface area contributed by atoms with Gasteiger partial charge >= 0.3 is 6.18 Å². The van der Waals surface area contributed by atoms with Gasteiger partial charge in [0.15, 0.2) is 0 Å². The molecule has 0 spiro atoms. The van der Waals surface area contributed by atoms with Crippen LogP contribution in [0.25, 0.3) is 0 Å². The average Bonchev–Trinajstić information content (AvgIpc) is 1.99. The number of nitrogens with zero attached hydrogens (tertiary/aromatic N) is 1. The van der Waals surface area contributed by atoms with Crippen LogP contribution >= 0.6 is 11.6 Å². The molecule has 1 aromatic rings. The number of aromatic nitrogens is 1. The number of hydrogen-bond acceptors (Lipinski definition) is 2. The first-order chi connectivity index (χ1) is 6.73. The van der Waals surface area contributed by atoms with Gasteiger partial charge in [0.25, 0.3) is 6.43 Å². The minimum atomic E-state index is -4.94. The van der Waals surface area contributed by atoms with Gasteiger partial charge in [-0.3, -0.25) is 0 Å². The molecule has 1 heterocycles. The Kier molecular flexibility index (Phi) is 3.03. The van der Waals surface area contributed by atoms with Gasteiger partial charge in [-0.15, -0.1) is 0 Å². The Hall–Kier alpha value is -1.11. The van der Waals surface area contributed by atoms with Gasteiger partial charge in [-0.05, 0) is 6.07 Å². The second-order valence-corrected chi connectivity index (χ2v) is 2.98. The summed E-state index contributed by atoms with van der Waals surface area (Å²) in [5.41, 5.74) is 2.04. The van der Waals surface area contributed by atoms with Crippen molar-refractivity contribution in [3.05, 3.63) is 22.3 Å². The fraction of sp³-hybridized carbons (Fsp3) is 0.286. The number of pyridine rings is 1. The molecule has 2 N–H and O–H groups in total. The lowest BCUT2D eigenvalue weighted by Crippen LogP contribution is -2.13. The number of hydrogen-bond donors (Lipinski definition) is 1. The maximum absolute atomic E-state index is 12.3. The molecule has 1 aromatic heterocycles. The summed E-state index contributed by atoms with van der Waals surface area (Å²) in [6.07, 6.45) is -8.29. The van der Waals surface area contributed by atoms with Crippen molar-refractivity contribution in [1.82, 2.24) is 4.98 Å².